The van der Waals surface area contributed by atoms with Crippen LogP contribution in [-0.2, 0) is 39.4 Å². The summed E-state index contributed by atoms with van der Waals surface area (Å²) in [6.45, 7) is 32.6. The molecule has 0 unspecified atom stereocenters. The average Bonchev–Trinajstić information content (AvgIpc) is 4.06. The first-order valence-corrected chi connectivity index (χ1v) is 30.6. The van der Waals surface area contributed by atoms with E-state index in [0.29, 0.717) is 116 Å². The quantitative estimate of drug-likeness (QED) is 0.156. The number of anilines is 2. The van der Waals surface area contributed by atoms with Gasteiger partial charge in [-0.05, 0) is 112 Å². The Labute approximate surface area is 501 Å². The third-order valence-corrected chi connectivity index (χ3v) is 17.0. The third kappa shape index (κ3) is 15.2. The molecule has 4 saturated heterocycles. The minimum Gasteiger partial charge on any atom is -0.491 e. The molecule has 20 nitrogen and oxygen atoms in total. The number of benzene rings is 1. The number of carbonyl (C=O) groups excluding carboxylic acids is 4. The first-order valence-electron chi connectivity index (χ1n) is 29.0. The number of hydrogen-bond acceptors (Lipinski definition) is 16. The molecule has 6 aliphatic rings. The molecule has 6 aliphatic heterocycles. The smallest absolute Gasteiger partial charge is 0.410 e. The summed E-state index contributed by atoms with van der Waals surface area (Å²) in [6, 6.07) is 10.9. The van der Waals surface area contributed by atoms with Crippen LogP contribution in [0.4, 0.5) is 21.0 Å². The number of pyridine rings is 2. The summed E-state index contributed by atoms with van der Waals surface area (Å²) < 4.78 is 38.7. The van der Waals surface area contributed by atoms with Crippen LogP contribution in [0.3, 0.4) is 0 Å². The van der Waals surface area contributed by atoms with Gasteiger partial charge in [-0.25, -0.2) is 9.59 Å². The van der Waals surface area contributed by atoms with Crippen LogP contribution in [-0.4, -0.2) is 229 Å². The van der Waals surface area contributed by atoms with Gasteiger partial charge in [0.2, 0.25) is 11.8 Å². The van der Waals surface area contributed by atoms with Gasteiger partial charge in [0.15, 0.2) is 0 Å². The zero-order valence-electron chi connectivity index (χ0n) is 50.1. The number of piperazine rings is 2. The second-order valence-electron chi connectivity index (χ2n) is 26.5. The summed E-state index contributed by atoms with van der Waals surface area (Å²) in [4.78, 5) is 81.8. The number of hydrogen-bond donors (Lipinski definition) is 0. The normalized spacial score (nSPS) is 25.4. The van der Waals surface area contributed by atoms with Crippen molar-refractivity contribution in [3.05, 3.63) is 69.1 Å². The van der Waals surface area contributed by atoms with E-state index in [2.05, 4.69) is 79.2 Å². The predicted molar refractivity (Wildman–Crippen MR) is 320 cm³/mol. The maximum atomic E-state index is 14.3. The van der Waals surface area contributed by atoms with Crippen LogP contribution in [0.15, 0.2) is 57.7 Å². The van der Waals surface area contributed by atoms with E-state index >= 15 is 0 Å². The number of morpholine rings is 2. The number of halogens is 2. The summed E-state index contributed by atoms with van der Waals surface area (Å²) in [5.74, 6) is 1.30. The van der Waals surface area contributed by atoms with Crippen molar-refractivity contribution >= 4 is 67.2 Å². The van der Waals surface area contributed by atoms with Gasteiger partial charge in [-0.1, -0.05) is 33.8 Å². The summed E-state index contributed by atoms with van der Waals surface area (Å²) >= 11 is 7.14. The van der Waals surface area contributed by atoms with E-state index in [9.17, 15) is 19.2 Å². The Bertz CT molecular complexity index is 2610. The molecule has 22 heteroatoms. The molecule has 1 aromatic carbocycles. The van der Waals surface area contributed by atoms with Gasteiger partial charge in [0, 0.05) is 141 Å². The lowest BCUT2D eigenvalue weighted by molar-refractivity contribution is -0.122. The van der Waals surface area contributed by atoms with Crippen molar-refractivity contribution in [3.8, 4) is 11.5 Å². The van der Waals surface area contributed by atoms with Gasteiger partial charge in [0.1, 0.15) is 48.1 Å². The predicted octanol–water partition coefficient (Wildman–Crippen LogP) is 7.43. The van der Waals surface area contributed by atoms with Crippen molar-refractivity contribution in [1.29, 1.82) is 0 Å². The van der Waals surface area contributed by atoms with E-state index in [1.807, 2.05) is 111 Å². The molecule has 0 N–H and O–H groups in total. The Morgan fingerprint density at radius 2 is 1.01 bits per heavy atom. The molecule has 4 fully saturated rings. The summed E-state index contributed by atoms with van der Waals surface area (Å²) in [5.41, 5.74) is 1.59. The number of ether oxygens (including phenoxy) is 6. The van der Waals surface area contributed by atoms with Crippen LogP contribution >= 0.6 is 31.9 Å². The number of rotatable bonds is 14. The van der Waals surface area contributed by atoms with Crippen LogP contribution in [0.2, 0.25) is 0 Å². The van der Waals surface area contributed by atoms with Crippen molar-refractivity contribution < 1.29 is 47.6 Å². The maximum Gasteiger partial charge on any atom is 0.410 e. The largest absolute Gasteiger partial charge is 0.491 e. The fourth-order valence-corrected chi connectivity index (χ4v) is 12.8. The Morgan fingerprint density at radius 1 is 0.610 bits per heavy atom. The molecule has 0 radical (unpaired) electrons. The van der Waals surface area contributed by atoms with Crippen LogP contribution in [0.25, 0.3) is 0 Å². The van der Waals surface area contributed by atoms with E-state index in [-0.39, 0.29) is 84.3 Å². The van der Waals surface area contributed by atoms with Crippen molar-refractivity contribution in [1.82, 2.24) is 39.4 Å². The van der Waals surface area contributed by atoms with E-state index < -0.39 is 11.2 Å². The second-order valence-corrected chi connectivity index (χ2v) is 28.3. The molecule has 4 amide bonds. The Balaban J connectivity index is 0.797. The van der Waals surface area contributed by atoms with E-state index in [0.717, 1.165) is 31.7 Å². The van der Waals surface area contributed by atoms with Gasteiger partial charge >= 0.3 is 12.2 Å². The van der Waals surface area contributed by atoms with Gasteiger partial charge in [-0.3, -0.25) is 39.2 Å². The molecule has 3 aromatic rings. The topological polar surface area (TPSA) is 175 Å². The molecule has 6 atom stereocenters. The van der Waals surface area contributed by atoms with Crippen molar-refractivity contribution in [2.24, 2.45) is 0 Å². The number of fused-ring (bicyclic) bond motifs is 2. The summed E-state index contributed by atoms with van der Waals surface area (Å²) in [7, 11) is 0. The molecule has 82 heavy (non-hydrogen) atoms. The van der Waals surface area contributed by atoms with Gasteiger partial charge < -0.3 is 48.0 Å². The van der Waals surface area contributed by atoms with Crippen molar-refractivity contribution in [2.75, 3.05) is 128 Å². The first-order chi connectivity index (χ1) is 38.6. The number of amides is 4. The lowest BCUT2D eigenvalue weighted by atomic mass is 9.91. The van der Waals surface area contributed by atoms with Gasteiger partial charge in [0.05, 0.1) is 49.1 Å². The average molecular weight is 1270 g/mol. The summed E-state index contributed by atoms with van der Waals surface area (Å²) in [5, 5.41) is 0. The van der Waals surface area contributed by atoms with Gasteiger partial charge in [-0.15, -0.1) is 0 Å². The zero-order valence-corrected chi connectivity index (χ0v) is 53.3. The first kappa shape index (κ1) is 61.9. The highest BCUT2D eigenvalue weighted by molar-refractivity contribution is 9.10. The molecule has 0 aliphatic carbocycles. The molecule has 9 rings (SSSR count). The molecule has 0 bridgehead atoms. The standard InChI is InChI=1S/C60H86Br2N10O10/c1-39-25-67(33-51(73)71-37-59(9,10)53-49(71)20-41(61)23-63-53)43(29-69(39)55(75)81-57(3,4)5)27-65-16-18-77-47(31-65)35-79-45-14-13-15-46(22-45)80-36-48-32-66(17-19-78-48)28-44-30-70(56(76)82-58(6,7)8)40(2)26-68(44)34-52(74)72-38-60(11,12)54-50(72)21-42(62)24-64-54/h13-15,20-24,39-40,43-44,47-48H,16-19,25-38H2,1-12H3/t39-,40-,43+,44+,47+,48+/m1/s1. The van der Waals surface area contributed by atoms with E-state index in [1.54, 1.807) is 12.4 Å². The summed E-state index contributed by atoms with van der Waals surface area (Å²) in [6.07, 6.45) is 2.41. The van der Waals surface area contributed by atoms with E-state index in [1.165, 1.54) is 0 Å². The van der Waals surface area contributed by atoms with E-state index in [4.69, 9.17) is 38.4 Å². The molecule has 450 valence electrons. The van der Waals surface area contributed by atoms with Crippen molar-refractivity contribution in [2.45, 2.75) is 141 Å². The van der Waals surface area contributed by atoms with Crippen LogP contribution in [0.1, 0.15) is 94.5 Å². The zero-order chi connectivity index (χ0) is 59.1. The molecule has 8 heterocycles. The monoisotopic (exact) mass is 1260 g/mol. The highest BCUT2D eigenvalue weighted by Crippen LogP contribution is 2.42. The highest BCUT2D eigenvalue weighted by Gasteiger charge is 2.45. The fraction of sp³-hybridized carbons (Fsp3) is 0.667. The molecular weight excluding hydrogens is 1180 g/mol. The molecular formula is C60H86Br2N10O10. The fourth-order valence-electron chi connectivity index (χ4n) is 12.2. The Kier molecular flexibility index (Phi) is 18.9. The van der Waals surface area contributed by atoms with Crippen LogP contribution in [0, 0.1) is 0 Å². The number of nitrogens with zero attached hydrogens (tertiary/aromatic N) is 10. The van der Waals surface area contributed by atoms with Gasteiger partial charge in [0.25, 0.3) is 0 Å². The van der Waals surface area contributed by atoms with Crippen molar-refractivity contribution in [3.63, 3.8) is 0 Å². The lowest BCUT2D eigenvalue weighted by Crippen LogP contribution is -2.64. The van der Waals surface area contributed by atoms with Crippen LogP contribution < -0.4 is 19.3 Å². The number of aromatic nitrogens is 2. The minimum atomic E-state index is -0.649. The minimum absolute atomic E-state index is 0.000296. The number of carbonyl (C=O) groups is 4. The molecule has 2 aromatic heterocycles. The lowest BCUT2D eigenvalue weighted by Gasteiger charge is -2.47. The SMILES string of the molecule is C[C@@H]1CN(CC(=O)N2CC(C)(C)c3ncc(Br)cc32)[C@@H](CN2CCO[C@H](COc3cccc(OC[C@@H]4CN(C[C@H]5CN(C(=O)OC(C)(C)C)[C@H](C)CN5CC(=O)N5CC(C)(C)c6ncc(Br)cc65)CCO4)c3)C2)CN1C(=O)OC(C)(C)C. The van der Waals surface area contributed by atoms with Crippen LogP contribution in [0.5, 0.6) is 11.5 Å². The molecule has 0 spiro atoms. The second kappa shape index (κ2) is 25.1. The highest BCUT2D eigenvalue weighted by atomic mass is 79.9. The molecule has 0 saturated carbocycles. The van der Waals surface area contributed by atoms with Gasteiger partial charge in [-0.2, -0.15) is 0 Å². The maximum absolute atomic E-state index is 14.3. The Hall–Kier alpha value is -4.68. The Morgan fingerprint density at radius 3 is 1.40 bits per heavy atom. The third-order valence-electron chi connectivity index (χ3n) is 16.1.